The molecule has 2 aliphatic heterocycles. The van der Waals surface area contributed by atoms with Crippen LogP contribution in [0.15, 0.2) is 42.7 Å². The van der Waals surface area contributed by atoms with Gasteiger partial charge in [0, 0.05) is 62.4 Å². The molecule has 1 atom stereocenters. The molecule has 3 aromatic rings. The smallest absolute Gasteiger partial charge is 0.222 e. The highest BCUT2D eigenvalue weighted by Crippen LogP contribution is 2.27. The Kier molecular flexibility index (Phi) is 4.20. The van der Waals surface area contributed by atoms with Gasteiger partial charge in [0.15, 0.2) is 0 Å². The Morgan fingerprint density at radius 3 is 3.07 bits per heavy atom. The fourth-order valence-electron chi connectivity index (χ4n) is 4.57. The van der Waals surface area contributed by atoms with E-state index in [9.17, 15) is 4.79 Å². The van der Waals surface area contributed by atoms with Gasteiger partial charge >= 0.3 is 0 Å². The van der Waals surface area contributed by atoms with E-state index in [4.69, 9.17) is 0 Å². The maximum atomic E-state index is 11.9. The zero-order chi connectivity index (χ0) is 18.2. The van der Waals surface area contributed by atoms with Crippen LogP contribution in [0.4, 0.5) is 0 Å². The van der Waals surface area contributed by atoms with Gasteiger partial charge in [0.2, 0.25) is 5.91 Å². The molecule has 2 aliphatic rings. The van der Waals surface area contributed by atoms with Crippen LogP contribution in [0.1, 0.15) is 36.6 Å². The fraction of sp³-hybridized carbons (Fsp3) is 0.429. The van der Waals surface area contributed by atoms with Crippen LogP contribution in [0.25, 0.3) is 10.9 Å². The molecule has 0 bridgehead atoms. The number of aromatic amines is 1. The van der Waals surface area contributed by atoms with Crippen molar-refractivity contribution >= 4 is 16.8 Å². The normalized spacial score (nSPS) is 20.5. The van der Waals surface area contributed by atoms with E-state index in [1.807, 2.05) is 17.3 Å². The largest absolute Gasteiger partial charge is 0.361 e. The summed E-state index contributed by atoms with van der Waals surface area (Å²) >= 11 is 0. The van der Waals surface area contributed by atoms with Crippen LogP contribution in [0, 0.1) is 0 Å². The number of benzene rings is 1. The molecular weight excluding hydrogens is 338 g/mol. The van der Waals surface area contributed by atoms with Gasteiger partial charge in [-0.3, -0.25) is 14.4 Å². The molecule has 5 rings (SSSR count). The third-order valence-electron chi connectivity index (χ3n) is 5.94. The van der Waals surface area contributed by atoms with Gasteiger partial charge in [0.25, 0.3) is 0 Å². The molecule has 4 heterocycles. The number of carbonyl (C=O) groups is 1. The molecule has 140 valence electrons. The average molecular weight is 363 g/mol. The van der Waals surface area contributed by atoms with Gasteiger partial charge in [-0.2, -0.15) is 5.10 Å². The number of hydrogen-bond acceptors (Lipinski definition) is 3. The number of nitrogens with zero attached hydrogens (tertiary/aromatic N) is 4. The van der Waals surface area contributed by atoms with Crippen molar-refractivity contribution < 1.29 is 4.79 Å². The van der Waals surface area contributed by atoms with Crippen molar-refractivity contribution in [3.05, 3.63) is 54.0 Å². The molecule has 1 N–H and O–H groups in total. The molecule has 0 saturated carbocycles. The zero-order valence-corrected chi connectivity index (χ0v) is 15.5. The van der Waals surface area contributed by atoms with E-state index in [0.29, 0.717) is 18.4 Å². The van der Waals surface area contributed by atoms with Crippen molar-refractivity contribution in [2.75, 3.05) is 19.6 Å². The number of fused-ring (bicyclic) bond motifs is 2. The number of carbonyl (C=O) groups excluding carboxylic acids is 1. The van der Waals surface area contributed by atoms with E-state index in [1.165, 1.54) is 22.2 Å². The van der Waals surface area contributed by atoms with Crippen LogP contribution in [-0.2, 0) is 17.9 Å². The van der Waals surface area contributed by atoms with Crippen molar-refractivity contribution in [2.45, 2.75) is 38.4 Å². The van der Waals surface area contributed by atoms with Crippen LogP contribution < -0.4 is 0 Å². The van der Waals surface area contributed by atoms with Gasteiger partial charge in [-0.1, -0.05) is 12.1 Å². The van der Waals surface area contributed by atoms with Crippen LogP contribution in [0.2, 0.25) is 0 Å². The second kappa shape index (κ2) is 6.85. The summed E-state index contributed by atoms with van der Waals surface area (Å²) in [5.41, 5.74) is 3.81. The lowest BCUT2D eigenvalue weighted by Gasteiger charge is -2.34. The molecule has 27 heavy (non-hydrogen) atoms. The van der Waals surface area contributed by atoms with Crippen LogP contribution in [0.5, 0.6) is 0 Å². The number of nitrogens with one attached hydrogen (secondary N) is 1. The summed E-state index contributed by atoms with van der Waals surface area (Å²) in [6, 6.07) is 11.1. The van der Waals surface area contributed by atoms with E-state index in [0.717, 1.165) is 45.6 Å². The summed E-state index contributed by atoms with van der Waals surface area (Å²) in [5.74, 6) is 0.308. The van der Waals surface area contributed by atoms with Crippen LogP contribution >= 0.6 is 0 Å². The SMILES string of the molecule is O=C1CCCN1CC[C@H]1CN(Cc2cccc3[nH]ccc23)Cc2ccnn21. The summed E-state index contributed by atoms with van der Waals surface area (Å²) in [4.78, 5) is 19.8. The monoisotopic (exact) mass is 363 g/mol. The van der Waals surface area contributed by atoms with Crippen molar-refractivity contribution in [1.29, 1.82) is 0 Å². The molecule has 0 aliphatic carbocycles. The Morgan fingerprint density at radius 2 is 2.19 bits per heavy atom. The minimum atomic E-state index is 0.308. The second-order valence-corrected chi connectivity index (χ2v) is 7.72. The highest BCUT2D eigenvalue weighted by atomic mass is 16.2. The van der Waals surface area contributed by atoms with Crippen LogP contribution in [-0.4, -0.2) is 50.1 Å². The van der Waals surface area contributed by atoms with E-state index in [-0.39, 0.29) is 0 Å². The molecule has 0 radical (unpaired) electrons. The zero-order valence-electron chi connectivity index (χ0n) is 15.5. The lowest BCUT2D eigenvalue weighted by molar-refractivity contribution is -0.127. The summed E-state index contributed by atoms with van der Waals surface area (Å²) in [7, 11) is 0. The van der Waals surface area contributed by atoms with Gasteiger partial charge in [-0.05, 0) is 36.6 Å². The molecular formula is C21H25N5O. The quantitative estimate of drug-likeness (QED) is 0.758. The molecule has 6 heteroatoms. The summed E-state index contributed by atoms with van der Waals surface area (Å²) in [5, 5.41) is 5.87. The van der Waals surface area contributed by atoms with Crippen molar-refractivity contribution in [1.82, 2.24) is 24.6 Å². The third-order valence-corrected chi connectivity index (χ3v) is 5.94. The number of rotatable bonds is 5. The fourth-order valence-corrected chi connectivity index (χ4v) is 4.57. The maximum Gasteiger partial charge on any atom is 0.222 e. The Bertz CT molecular complexity index is 958. The van der Waals surface area contributed by atoms with E-state index >= 15 is 0 Å². The number of hydrogen-bond donors (Lipinski definition) is 1. The number of H-pyrrole nitrogens is 1. The summed E-state index contributed by atoms with van der Waals surface area (Å²) in [6.07, 6.45) is 6.59. The first-order valence-corrected chi connectivity index (χ1v) is 9.85. The van der Waals surface area contributed by atoms with Crippen molar-refractivity contribution in [3.8, 4) is 0 Å². The molecule has 0 spiro atoms. The van der Waals surface area contributed by atoms with Crippen LogP contribution in [0.3, 0.4) is 0 Å². The highest BCUT2D eigenvalue weighted by Gasteiger charge is 2.28. The lowest BCUT2D eigenvalue weighted by atomic mass is 10.1. The highest BCUT2D eigenvalue weighted by molar-refractivity contribution is 5.82. The number of amides is 1. The maximum absolute atomic E-state index is 11.9. The van der Waals surface area contributed by atoms with Crippen molar-refractivity contribution in [3.63, 3.8) is 0 Å². The third kappa shape index (κ3) is 3.14. The van der Waals surface area contributed by atoms with E-state index in [2.05, 4.69) is 50.0 Å². The van der Waals surface area contributed by atoms with E-state index < -0.39 is 0 Å². The Balaban J connectivity index is 1.33. The number of likely N-dealkylation sites (tertiary alicyclic amines) is 1. The Hall–Kier alpha value is -2.60. The van der Waals surface area contributed by atoms with Gasteiger partial charge in [0.1, 0.15) is 0 Å². The predicted octanol–water partition coefficient (Wildman–Crippen LogP) is 2.93. The van der Waals surface area contributed by atoms with Crippen molar-refractivity contribution in [2.24, 2.45) is 0 Å². The summed E-state index contributed by atoms with van der Waals surface area (Å²) in [6.45, 7) is 4.57. The molecule has 1 saturated heterocycles. The minimum absolute atomic E-state index is 0.308. The standard InChI is InChI=1S/C21H25N5O/c27-21-5-2-11-25(21)12-8-18-15-24(14-17-6-10-23-26(17)18)13-16-3-1-4-20-19(16)7-9-22-20/h1,3-4,6-7,9-10,18,22H,2,5,8,11-15H2/t18-/m0/s1. The molecule has 1 amide bonds. The van der Waals surface area contributed by atoms with Gasteiger partial charge in [-0.15, -0.1) is 0 Å². The second-order valence-electron chi connectivity index (χ2n) is 7.72. The molecule has 2 aromatic heterocycles. The van der Waals surface area contributed by atoms with Gasteiger partial charge in [-0.25, -0.2) is 0 Å². The van der Waals surface area contributed by atoms with Gasteiger partial charge < -0.3 is 9.88 Å². The molecule has 6 nitrogen and oxygen atoms in total. The topological polar surface area (TPSA) is 57.2 Å². The molecule has 1 fully saturated rings. The predicted molar refractivity (Wildman–Crippen MR) is 104 cm³/mol. The molecule has 1 aromatic carbocycles. The first kappa shape index (κ1) is 16.6. The molecule has 0 unspecified atom stereocenters. The number of aromatic nitrogens is 3. The average Bonchev–Trinajstić information content (AvgIpc) is 3.40. The summed E-state index contributed by atoms with van der Waals surface area (Å²) < 4.78 is 2.17. The first-order chi connectivity index (χ1) is 13.3. The minimum Gasteiger partial charge on any atom is -0.361 e. The van der Waals surface area contributed by atoms with Gasteiger partial charge in [0.05, 0.1) is 11.7 Å². The first-order valence-electron chi connectivity index (χ1n) is 9.85. The Morgan fingerprint density at radius 1 is 1.22 bits per heavy atom. The lowest BCUT2D eigenvalue weighted by Crippen LogP contribution is -2.39. The Labute approximate surface area is 158 Å². The van der Waals surface area contributed by atoms with E-state index in [1.54, 1.807) is 0 Å².